The molecule has 2 atom stereocenters. The van der Waals surface area contributed by atoms with Crippen LogP contribution in [-0.4, -0.2) is 54.9 Å². The van der Waals surface area contributed by atoms with Crippen molar-refractivity contribution in [2.45, 2.75) is 66.0 Å². The van der Waals surface area contributed by atoms with Crippen molar-refractivity contribution < 1.29 is 23.8 Å². The third-order valence-corrected chi connectivity index (χ3v) is 6.24. The minimum Gasteiger partial charge on any atom is -0.492 e. The zero-order chi connectivity index (χ0) is 25.9. The molecular weight excluding hydrogens is 450 g/mol. The maximum atomic E-state index is 13.1. The van der Waals surface area contributed by atoms with E-state index in [1.807, 2.05) is 40.7 Å². The Kier molecular flexibility index (Phi) is 7.97. The molecule has 1 fully saturated rings. The summed E-state index contributed by atoms with van der Waals surface area (Å²) in [7, 11) is 1.59. The molecule has 2 unspecified atom stereocenters. The number of aromatic nitrogens is 1. The number of ether oxygens (including phenoxy) is 3. The van der Waals surface area contributed by atoms with Crippen LogP contribution < -0.4 is 20.5 Å². The lowest BCUT2D eigenvalue weighted by molar-refractivity contribution is 0.0491. The number of methoxy groups -OCH3 is 1. The van der Waals surface area contributed by atoms with Gasteiger partial charge in [-0.1, -0.05) is 6.92 Å². The first-order valence-electron chi connectivity index (χ1n) is 12.2. The zero-order valence-corrected chi connectivity index (χ0v) is 21.8. The van der Waals surface area contributed by atoms with Crippen molar-refractivity contribution in [2.24, 2.45) is 5.92 Å². The molecule has 1 saturated heterocycles. The molecule has 0 radical (unpaired) electrons. The van der Waals surface area contributed by atoms with Gasteiger partial charge in [0.15, 0.2) is 5.75 Å². The number of hydrogen-bond acceptors (Lipinski definition) is 7. The van der Waals surface area contributed by atoms with E-state index in [0.717, 1.165) is 30.8 Å². The van der Waals surface area contributed by atoms with Crippen molar-refractivity contribution in [1.82, 2.24) is 9.72 Å². The molecule has 1 N–H and O–H groups in total. The van der Waals surface area contributed by atoms with Crippen LogP contribution in [0.2, 0.25) is 0 Å². The van der Waals surface area contributed by atoms with E-state index in [9.17, 15) is 14.4 Å². The van der Waals surface area contributed by atoms with E-state index in [-0.39, 0.29) is 24.1 Å². The molecule has 1 aliphatic heterocycles. The molecule has 0 aromatic carbocycles. The van der Waals surface area contributed by atoms with Gasteiger partial charge < -0.3 is 24.4 Å². The van der Waals surface area contributed by atoms with Crippen molar-refractivity contribution in [1.29, 1.82) is 0 Å². The van der Waals surface area contributed by atoms with Gasteiger partial charge in [-0.05, 0) is 71.1 Å². The molecule has 0 bridgehead atoms. The van der Waals surface area contributed by atoms with E-state index in [2.05, 4.69) is 10.2 Å². The molecule has 2 aromatic heterocycles. The summed E-state index contributed by atoms with van der Waals surface area (Å²) in [4.78, 5) is 39.9. The van der Waals surface area contributed by atoms with Gasteiger partial charge in [-0.3, -0.25) is 9.20 Å². The standard InChI is InChI=1S/C26H37N3O6/c1-8-17-14-19(24(31)34-9-2)23(30)29-13-11-20(22(33-7)21(17)29)28-12-10-18(15-28)16(3)27-25(32)35-26(4,5)6/h11,13-14,16,18H,8-10,12,15H2,1-7H3,(H,27,32). The fourth-order valence-corrected chi connectivity index (χ4v) is 4.53. The van der Waals surface area contributed by atoms with Crippen molar-refractivity contribution in [3.8, 4) is 5.75 Å². The van der Waals surface area contributed by atoms with Gasteiger partial charge in [0.25, 0.3) is 5.56 Å². The smallest absolute Gasteiger partial charge is 0.407 e. The third-order valence-electron chi connectivity index (χ3n) is 6.24. The number of carbonyl (C=O) groups is 2. The normalized spacial score (nSPS) is 16.8. The number of pyridine rings is 2. The summed E-state index contributed by atoms with van der Waals surface area (Å²) < 4.78 is 17.8. The molecule has 35 heavy (non-hydrogen) atoms. The van der Waals surface area contributed by atoms with Gasteiger partial charge in [-0.2, -0.15) is 0 Å². The topological polar surface area (TPSA) is 98.6 Å². The van der Waals surface area contributed by atoms with Crippen molar-refractivity contribution in [3.05, 3.63) is 39.8 Å². The predicted octanol–water partition coefficient (Wildman–Crippen LogP) is 3.79. The lowest BCUT2D eigenvalue weighted by Gasteiger charge is -2.26. The Labute approximate surface area is 206 Å². The molecule has 1 amide bonds. The van der Waals surface area contributed by atoms with Crippen LogP contribution in [0.25, 0.3) is 5.52 Å². The fraction of sp³-hybridized carbons (Fsp3) is 0.577. The average molecular weight is 488 g/mol. The van der Waals surface area contributed by atoms with Crippen molar-refractivity contribution in [2.75, 3.05) is 31.7 Å². The highest BCUT2D eigenvalue weighted by molar-refractivity contribution is 5.91. The summed E-state index contributed by atoms with van der Waals surface area (Å²) in [6.07, 6.45) is 2.76. The van der Waals surface area contributed by atoms with E-state index in [0.29, 0.717) is 17.7 Å². The number of alkyl carbamates (subject to hydrolysis) is 1. The van der Waals surface area contributed by atoms with Crippen LogP contribution in [0.3, 0.4) is 0 Å². The Morgan fingerprint density at radius 3 is 2.57 bits per heavy atom. The maximum Gasteiger partial charge on any atom is 0.407 e. The number of fused-ring (bicyclic) bond motifs is 1. The van der Waals surface area contributed by atoms with Gasteiger partial charge in [0.1, 0.15) is 11.2 Å². The van der Waals surface area contributed by atoms with Crippen LogP contribution in [-0.2, 0) is 15.9 Å². The number of nitrogens with one attached hydrogen (secondary N) is 1. The first kappa shape index (κ1) is 26.4. The van der Waals surface area contributed by atoms with Gasteiger partial charge in [0.2, 0.25) is 0 Å². The van der Waals surface area contributed by atoms with Gasteiger partial charge >= 0.3 is 12.1 Å². The van der Waals surface area contributed by atoms with E-state index in [1.54, 1.807) is 26.3 Å². The fourth-order valence-electron chi connectivity index (χ4n) is 4.53. The second-order valence-corrected chi connectivity index (χ2v) is 9.84. The number of aryl methyl sites for hydroxylation is 1. The minimum absolute atomic E-state index is 0.0132. The summed E-state index contributed by atoms with van der Waals surface area (Å²) >= 11 is 0. The van der Waals surface area contributed by atoms with Gasteiger partial charge in [-0.15, -0.1) is 0 Å². The number of esters is 1. The van der Waals surface area contributed by atoms with E-state index >= 15 is 0 Å². The van der Waals surface area contributed by atoms with E-state index in [4.69, 9.17) is 14.2 Å². The van der Waals surface area contributed by atoms with Crippen LogP contribution in [0.1, 0.15) is 63.9 Å². The second kappa shape index (κ2) is 10.6. The quantitative estimate of drug-likeness (QED) is 0.594. The largest absolute Gasteiger partial charge is 0.492 e. The molecule has 9 nitrogen and oxygen atoms in total. The van der Waals surface area contributed by atoms with Crippen LogP contribution in [0.5, 0.6) is 5.75 Å². The molecule has 0 aliphatic carbocycles. The average Bonchev–Trinajstić information content (AvgIpc) is 3.27. The lowest BCUT2D eigenvalue weighted by atomic mass is 10.0. The number of hydrogen-bond donors (Lipinski definition) is 1. The first-order chi connectivity index (χ1) is 16.5. The Bertz CT molecular complexity index is 1150. The molecule has 0 saturated carbocycles. The molecule has 192 valence electrons. The second-order valence-electron chi connectivity index (χ2n) is 9.84. The SMILES string of the molecule is CCOC(=O)c1cc(CC)c2c(OC)c(N3CCC(C(C)NC(=O)OC(C)(C)C)C3)ccn2c1=O. The van der Waals surface area contributed by atoms with E-state index < -0.39 is 23.2 Å². The molecule has 9 heteroatoms. The molecule has 0 spiro atoms. The van der Waals surface area contributed by atoms with E-state index in [1.165, 1.54) is 4.40 Å². The molecule has 3 rings (SSSR count). The van der Waals surface area contributed by atoms with Crippen LogP contribution in [0, 0.1) is 5.92 Å². The number of amides is 1. The third kappa shape index (κ3) is 5.71. The summed E-state index contributed by atoms with van der Waals surface area (Å²) in [6.45, 7) is 12.9. The summed E-state index contributed by atoms with van der Waals surface area (Å²) in [5.41, 5.74) is 1.37. The maximum absolute atomic E-state index is 13.1. The highest BCUT2D eigenvalue weighted by Crippen LogP contribution is 2.37. The first-order valence-corrected chi connectivity index (χ1v) is 12.2. The predicted molar refractivity (Wildman–Crippen MR) is 135 cm³/mol. The number of anilines is 1. The Hall–Kier alpha value is -3.23. The van der Waals surface area contributed by atoms with Gasteiger partial charge in [-0.25, -0.2) is 9.59 Å². The van der Waals surface area contributed by atoms with Crippen molar-refractivity contribution >= 4 is 23.3 Å². The Balaban J connectivity index is 1.91. The van der Waals surface area contributed by atoms with Gasteiger partial charge in [0.05, 0.1) is 24.9 Å². The van der Waals surface area contributed by atoms with Crippen LogP contribution >= 0.6 is 0 Å². The highest BCUT2D eigenvalue weighted by atomic mass is 16.6. The van der Waals surface area contributed by atoms with Crippen molar-refractivity contribution in [3.63, 3.8) is 0 Å². The number of nitrogens with zero attached hydrogens (tertiary/aromatic N) is 2. The number of rotatable bonds is 7. The number of carbonyl (C=O) groups excluding carboxylic acids is 2. The van der Waals surface area contributed by atoms with Gasteiger partial charge in [0, 0.05) is 25.3 Å². The summed E-state index contributed by atoms with van der Waals surface area (Å²) in [6, 6.07) is 3.39. The summed E-state index contributed by atoms with van der Waals surface area (Å²) in [5.74, 6) is 0.186. The molecular formula is C26H37N3O6. The lowest BCUT2D eigenvalue weighted by Crippen LogP contribution is -2.42. The monoisotopic (exact) mass is 487 g/mol. The Morgan fingerprint density at radius 1 is 1.26 bits per heavy atom. The Morgan fingerprint density at radius 2 is 1.97 bits per heavy atom. The molecule has 3 heterocycles. The van der Waals surface area contributed by atoms with Crippen LogP contribution in [0.4, 0.5) is 10.5 Å². The summed E-state index contributed by atoms with van der Waals surface area (Å²) in [5, 5.41) is 2.95. The molecule has 1 aliphatic rings. The zero-order valence-electron chi connectivity index (χ0n) is 21.8. The minimum atomic E-state index is -0.626. The van der Waals surface area contributed by atoms with Crippen LogP contribution in [0.15, 0.2) is 23.1 Å². The highest BCUT2D eigenvalue weighted by Gasteiger charge is 2.31. The molecule has 2 aromatic rings.